The van der Waals surface area contributed by atoms with Crippen molar-refractivity contribution in [3.05, 3.63) is 72.3 Å². The highest BCUT2D eigenvalue weighted by atomic mass is 19.1. The topological polar surface area (TPSA) is 77.3 Å². The number of esters is 1. The first kappa shape index (κ1) is 18.2. The van der Waals surface area contributed by atoms with E-state index >= 15 is 0 Å². The molecule has 0 radical (unpaired) electrons. The molecular formula is C19H17FN4O3. The summed E-state index contributed by atoms with van der Waals surface area (Å²) in [5.74, 6) is -1.94. The van der Waals surface area contributed by atoms with Crippen molar-refractivity contribution in [2.45, 2.75) is 6.92 Å². The maximum Gasteiger partial charge on any atom is 0.326 e. The molecule has 7 nitrogen and oxygen atoms in total. The van der Waals surface area contributed by atoms with Crippen molar-refractivity contribution in [2.75, 3.05) is 18.1 Å². The molecule has 0 unspecified atom stereocenters. The van der Waals surface area contributed by atoms with Crippen molar-refractivity contribution in [2.24, 2.45) is 0 Å². The van der Waals surface area contributed by atoms with E-state index in [0.29, 0.717) is 5.69 Å². The van der Waals surface area contributed by atoms with Crippen LogP contribution in [0.25, 0.3) is 5.69 Å². The number of carbonyl (C=O) groups excluding carboxylic acids is 2. The first-order chi connectivity index (χ1) is 13.1. The summed E-state index contributed by atoms with van der Waals surface area (Å²) in [4.78, 5) is 27.1. The lowest BCUT2D eigenvalue weighted by molar-refractivity contribution is -0.141. The van der Waals surface area contributed by atoms with Crippen molar-refractivity contribution in [1.29, 1.82) is 0 Å². The number of hydrogen-bond acceptors (Lipinski definition) is 5. The highest BCUT2D eigenvalue weighted by Gasteiger charge is 2.26. The number of carbonyl (C=O) groups is 2. The third-order valence-electron chi connectivity index (χ3n) is 3.68. The molecule has 1 heterocycles. The Morgan fingerprint density at radius 1 is 1.11 bits per heavy atom. The zero-order chi connectivity index (χ0) is 19.2. The lowest BCUT2D eigenvalue weighted by atomic mass is 10.2. The van der Waals surface area contributed by atoms with Crippen LogP contribution >= 0.6 is 0 Å². The molecule has 2 aromatic carbocycles. The van der Waals surface area contributed by atoms with Crippen LogP contribution in [0.5, 0.6) is 0 Å². The van der Waals surface area contributed by atoms with E-state index in [-0.39, 0.29) is 18.0 Å². The Morgan fingerprint density at radius 2 is 1.81 bits per heavy atom. The van der Waals surface area contributed by atoms with Crippen LogP contribution in [0, 0.1) is 5.82 Å². The Balaban J connectivity index is 1.92. The van der Waals surface area contributed by atoms with Gasteiger partial charge in [0.2, 0.25) is 0 Å². The fourth-order valence-corrected chi connectivity index (χ4v) is 2.46. The van der Waals surface area contributed by atoms with E-state index < -0.39 is 24.2 Å². The van der Waals surface area contributed by atoms with Crippen LogP contribution in [0.4, 0.5) is 10.1 Å². The molecule has 1 aromatic heterocycles. The van der Waals surface area contributed by atoms with Gasteiger partial charge in [-0.25, -0.2) is 4.39 Å². The van der Waals surface area contributed by atoms with Gasteiger partial charge in [0.15, 0.2) is 5.69 Å². The number of rotatable bonds is 6. The van der Waals surface area contributed by atoms with Crippen molar-refractivity contribution >= 4 is 17.6 Å². The minimum atomic E-state index is -0.657. The van der Waals surface area contributed by atoms with Gasteiger partial charge in [0.05, 0.1) is 24.2 Å². The van der Waals surface area contributed by atoms with Crippen molar-refractivity contribution < 1.29 is 18.7 Å². The van der Waals surface area contributed by atoms with Gasteiger partial charge in [-0.3, -0.25) is 14.5 Å². The van der Waals surface area contributed by atoms with Gasteiger partial charge in [-0.05, 0) is 31.2 Å². The minimum absolute atomic E-state index is 0.0218. The van der Waals surface area contributed by atoms with E-state index in [1.54, 1.807) is 25.1 Å². The first-order valence-electron chi connectivity index (χ1n) is 8.30. The number of nitrogens with zero attached hydrogens (tertiary/aromatic N) is 4. The highest BCUT2D eigenvalue weighted by molar-refractivity contribution is 6.07. The zero-order valence-electron chi connectivity index (χ0n) is 14.6. The lowest BCUT2D eigenvalue weighted by Crippen LogP contribution is -2.37. The second kappa shape index (κ2) is 8.22. The Bertz CT molecular complexity index is 943. The third-order valence-corrected chi connectivity index (χ3v) is 3.68. The van der Waals surface area contributed by atoms with Crippen LogP contribution in [0.3, 0.4) is 0 Å². The smallest absolute Gasteiger partial charge is 0.326 e. The van der Waals surface area contributed by atoms with Crippen LogP contribution in [0.1, 0.15) is 17.4 Å². The molecule has 3 aromatic rings. The van der Waals surface area contributed by atoms with Crippen molar-refractivity contribution in [3.8, 4) is 5.69 Å². The molecule has 0 saturated heterocycles. The van der Waals surface area contributed by atoms with E-state index in [0.717, 1.165) is 4.90 Å². The van der Waals surface area contributed by atoms with Crippen molar-refractivity contribution in [3.63, 3.8) is 0 Å². The summed E-state index contributed by atoms with van der Waals surface area (Å²) >= 11 is 0. The Kier molecular flexibility index (Phi) is 5.55. The predicted molar refractivity (Wildman–Crippen MR) is 96.1 cm³/mol. The Hall–Kier alpha value is -3.55. The predicted octanol–water partition coefficient (Wildman–Crippen LogP) is 2.62. The molecule has 138 valence electrons. The molecule has 8 heteroatoms. The highest BCUT2D eigenvalue weighted by Crippen LogP contribution is 2.20. The summed E-state index contributed by atoms with van der Waals surface area (Å²) in [6.45, 7) is 1.37. The average Bonchev–Trinajstić information content (AvgIpc) is 3.17. The van der Waals surface area contributed by atoms with Crippen LogP contribution in [-0.2, 0) is 9.53 Å². The number of anilines is 1. The third kappa shape index (κ3) is 4.17. The van der Waals surface area contributed by atoms with E-state index in [4.69, 9.17) is 4.74 Å². The molecule has 0 spiro atoms. The van der Waals surface area contributed by atoms with E-state index in [1.807, 2.05) is 18.2 Å². The van der Waals surface area contributed by atoms with Crippen LogP contribution in [-0.4, -0.2) is 40.0 Å². The molecule has 3 rings (SSSR count). The summed E-state index contributed by atoms with van der Waals surface area (Å²) < 4.78 is 19.1. The summed E-state index contributed by atoms with van der Waals surface area (Å²) in [5, 5.41) is 8.22. The number of halogens is 1. The SMILES string of the molecule is CCOC(=O)CN(C(=O)c1cnn(-c2ccccc2)n1)c1ccccc1F. The van der Waals surface area contributed by atoms with Gasteiger partial charge < -0.3 is 4.74 Å². The molecule has 0 aliphatic heterocycles. The molecule has 27 heavy (non-hydrogen) atoms. The lowest BCUT2D eigenvalue weighted by Gasteiger charge is -2.21. The molecular weight excluding hydrogens is 351 g/mol. The van der Waals surface area contributed by atoms with Gasteiger partial charge in [-0.15, -0.1) is 5.10 Å². The number of para-hydroxylation sites is 2. The van der Waals surface area contributed by atoms with Gasteiger partial charge in [0, 0.05) is 0 Å². The summed E-state index contributed by atoms with van der Waals surface area (Å²) in [6, 6.07) is 14.7. The van der Waals surface area contributed by atoms with Gasteiger partial charge in [-0.2, -0.15) is 9.90 Å². The second-order valence-electron chi connectivity index (χ2n) is 5.50. The number of ether oxygens (including phenoxy) is 1. The standard InChI is InChI=1S/C19H17FN4O3/c1-2-27-18(25)13-23(17-11-7-6-10-15(17)20)19(26)16-12-21-24(22-16)14-8-4-3-5-9-14/h3-12H,2,13H2,1H3. The van der Waals surface area contributed by atoms with Crippen LogP contribution < -0.4 is 4.90 Å². The molecule has 0 fully saturated rings. The average molecular weight is 368 g/mol. The quantitative estimate of drug-likeness (QED) is 0.625. The molecule has 0 atom stereocenters. The Morgan fingerprint density at radius 3 is 2.52 bits per heavy atom. The fraction of sp³-hybridized carbons (Fsp3) is 0.158. The van der Waals surface area contributed by atoms with E-state index in [9.17, 15) is 14.0 Å². The number of aromatic nitrogens is 3. The largest absolute Gasteiger partial charge is 0.465 e. The molecule has 0 N–H and O–H groups in total. The molecule has 0 aliphatic carbocycles. The Labute approximate surface area is 155 Å². The number of amides is 1. The maximum absolute atomic E-state index is 14.2. The molecule has 1 amide bonds. The molecule has 0 saturated carbocycles. The van der Waals surface area contributed by atoms with E-state index in [1.165, 1.54) is 29.2 Å². The summed E-state index contributed by atoms with van der Waals surface area (Å²) in [5.41, 5.74) is 0.607. The van der Waals surface area contributed by atoms with Gasteiger partial charge in [0.1, 0.15) is 12.4 Å². The molecule has 0 bridgehead atoms. The zero-order valence-corrected chi connectivity index (χ0v) is 14.6. The van der Waals surface area contributed by atoms with Gasteiger partial charge >= 0.3 is 5.97 Å². The first-order valence-corrected chi connectivity index (χ1v) is 8.30. The van der Waals surface area contributed by atoms with Crippen LogP contribution in [0.2, 0.25) is 0 Å². The fourth-order valence-electron chi connectivity index (χ4n) is 2.46. The maximum atomic E-state index is 14.2. The monoisotopic (exact) mass is 368 g/mol. The number of benzene rings is 2. The number of hydrogen-bond donors (Lipinski definition) is 0. The minimum Gasteiger partial charge on any atom is -0.465 e. The normalized spacial score (nSPS) is 10.4. The second-order valence-corrected chi connectivity index (χ2v) is 5.50. The summed E-state index contributed by atoms with van der Waals surface area (Å²) in [7, 11) is 0. The van der Waals surface area contributed by atoms with Gasteiger partial charge in [-0.1, -0.05) is 30.3 Å². The van der Waals surface area contributed by atoms with Gasteiger partial charge in [0.25, 0.3) is 5.91 Å². The summed E-state index contributed by atoms with van der Waals surface area (Å²) in [6.07, 6.45) is 1.27. The van der Waals surface area contributed by atoms with Crippen molar-refractivity contribution in [1.82, 2.24) is 15.0 Å². The van der Waals surface area contributed by atoms with E-state index in [2.05, 4.69) is 10.2 Å². The van der Waals surface area contributed by atoms with Crippen LogP contribution in [0.15, 0.2) is 60.8 Å². The molecule has 0 aliphatic rings.